The Morgan fingerprint density at radius 2 is 2.15 bits per heavy atom. The Kier molecular flexibility index (Phi) is 5.93. The Bertz CT molecular complexity index is 821. The molecule has 1 aromatic heterocycles. The fourth-order valence-electron chi connectivity index (χ4n) is 3.66. The summed E-state index contributed by atoms with van der Waals surface area (Å²) in [5.41, 5.74) is 2.25. The molecule has 0 bridgehead atoms. The highest BCUT2D eigenvalue weighted by atomic mass is 32.2. The number of likely N-dealkylation sites (tertiary alicyclic amines) is 1. The van der Waals surface area contributed by atoms with E-state index in [9.17, 15) is 8.42 Å². The molecule has 0 radical (unpaired) electrons. The average molecular weight is 378 g/mol. The van der Waals surface area contributed by atoms with Crippen LogP contribution in [0.15, 0.2) is 30.9 Å². The van der Waals surface area contributed by atoms with Crippen LogP contribution in [-0.2, 0) is 22.9 Å². The van der Waals surface area contributed by atoms with Gasteiger partial charge in [-0.1, -0.05) is 6.07 Å². The summed E-state index contributed by atoms with van der Waals surface area (Å²) < 4.78 is 30.4. The number of methoxy groups -OCH3 is 1. The van der Waals surface area contributed by atoms with Crippen LogP contribution in [0.2, 0.25) is 0 Å². The molecule has 0 saturated carbocycles. The molecular formula is C18H26N4O3S. The van der Waals surface area contributed by atoms with E-state index in [1.165, 1.54) is 18.1 Å². The molecule has 142 valence electrons. The monoisotopic (exact) mass is 378 g/mol. The maximum atomic E-state index is 11.6. The van der Waals surface area contributed by atoms with Crippen molar-refractivity contribution in [3.63, 3.8) is 0 Å². The Balaban J connectivity index is 1.69. The van der Waals surface area contributed by atoms with Crippen molar-refractivity contribution in [2.45, 2.75) is 25.9 Å². The van der Waals surface area contributed by atoms with Gasteiger partial charge in [-0.15, -0.1) is 0 Å². The number of benzene rings is 1. The van der Waals surface area contributed by atoms with Crippen LogP contribution in [0.4, 0.5) is 0 Å². The SMILES string of the molecule is COc1ccc(CN2CCCC(CS(C)(=O)=O)C2)cc1Cn1cncn1. The molecule has 26 heavy (non-hydrogen) atoms. The van der Waals surface area contributed by atoms with Gasteiger partial charge in [-0.25, -0.2) is 18.1 Å². The summed E-state index contributed by atoms with van der Waals surface area (Å²) in [4.78, 5) is 6.33. The van der Waals surface area contributed by atoms with Gasteiger partial charge in [0, 0.05) is 24.9 Å². The van der Waals surface area contributed by atoms with Gasteiger partial charge in [-0.3, -0.25) is 4.90 Å². The third kappa shape index (κ3) is 5.28. The van der Waals surface area contributed by atoms with E-state index in [0.717, 1.165) is 43.8 Å². The van der Waals surface area contributed by atoms with Crippen molar-refractivity contribution in [1.29, 1.82) is 0 Å². The fraction of sp³-hybridized carbons (Fsp3) is 0.556. The van der Waals surface area contributed by atoms with E-state index in [-0.39, 0.29) is 11.7 Å². The molecule has 2 heterocycles. The smallest absolute Gasteiger partial charge is 0.147 e. The number of hydrogen-bond donors (Lipinski definition) is 0. The zero-order valence-electron chi connectivity index (χ0n) is 15.3. The standard InChI is InChI=1S/C18H26N4O3S/c1-25-18-6-5-15(8-17(18)11-22-14-19-13-20-22)9-21-7-3-4-16(10-21)12-26(2,23)24/h5-6,8,13-14,16H,3-4,7,9-12H2,1-2H3. The zero-order chi connectivity index (χ0) is 18.6. The van der Waals surface area contributed by atoms with Crippen molar-refractivity contribution >= 4 is 9.84 Å². The third-order valence-corrected chi connectivity index (χ3v) is 5.77. The van der Waals surface area contributed by atoms with Crippen molar-refractivity contribution in [3.8, 4) is 5.75 Å². The first-order chi connectivity index (χ1) is 12.4. The molecule has 1 aromatic carbocycles. The van der Waals surface area contributed by atoms with Crippen LogP contribution < -0.4 is 4.74 Å². The Morgan fingerprint density at radius 1 is 1.31 bits per heavy atom. The number of aromatic nitrogens is 3. The highest BCUT2D eigenvalue weighted by molar-refractivity contribution is 7.90. The van der Waals surface area contributed by atoms with Crippen LogP contribution in [0.3, 0.4) is 0 Å². The Morgan fingerprint density at radius 3 is 2.85 bits per heavy atom. The van der Waals surface area contributed by atoms with Crippen molar-refractivity contribution in [1.82, 2.24) is 19.7 Å². The highest BCUT2D eigenvalue weighted by Crippen LogP contribution is 2.24. The normalized spacial score (nSPS) is 18.8. The molecule has 1 fully saturated rings. The molecule has 0 aliphatic carbocycles. The lowest BCUT2D eigenvalue weighted by Gasteiger charge is -2.32. The van der Waals surface area contributed by atoms with Gasteiger partial charge in [-0.2, -0.15) is 5.10 Å². The average Bonchev–Trinajstić information content (AvgIpc) is 3.07. The topological polar surface area (TPSA) is 77.3 Å². The van der Waals surface area contributed by atoms with Crippen molar-refractivity contribution in [2.75, 3.05) is 32.2 Å². The lowest BCUT2D eigenvalue weighted by atomic mass is 9.99. The number of hydrogen-bond acceptors (Lipinski definition) is 6. The third-order valence-electron chi connectivity index (χ3n) is 4.69. The van der Waals surface area contributed by atoms with E-state index in [1.54, 1.807) is 18.1 Å². The minimum Gasteiger partial charge on any atom is -0.496 e. The molecule has 1 aliphatic heterocycles. The molecule has 3 rings (SSSR count). The molecule has 7 nitrogen and oxygen atoms in total. The molecule has 0 N–H and O–H groups in total. The van der Waals surface area contributed by atoms with Gasteiger partial charge < -0.3 is 4.74 Å². The quantitative estimate of drug-likeness (QED) is 0.728. The molecule has 1 unspecified atom stereocenters. The summed E-state index contributed by atoms with van der Waals surface area (Å²) in [5.74, 6) is 1.34. The van der Waals surface area contributed by atoms with Gasteiger partial charge in [0.05, 0.1) is 19.4 Å². The summed E-state index contributed by atoms with van der Waals surface area (Å²) in [6.45, 7) is 3.25. The van der Waals surface area contributed by atoms with Crippen LogP contribution >= 0.6 is 0 Å². The number of piperidine rings is 1. The highest BCUT2D eigenvalue weighted by Gasteiger charge is 2.23. The van der Waals surface area contributed by atoms with E-state index >= 15 is 0 Å². The van der Waals surface area contributed by atoms with E-state index < -0.39 is 9.84 Å². The molecule has 1 saturated heterocycles. The second-order valence-electron chi connectivity index (χ2n) is 7.08. The molecular weight excluding hydrogens is 352 g/mol. The second kappa shape index (κ2) is 8.18. The molecule has 1 atom stereocenters. The summed E-state index contributed by atoms with van der Waals surface area (Å²) in [6, 6.07) is 6.20. The summed E-state index contributed by atoms with van der Waals surface area (Å²) in [5, 5.41) is 4.16. The van der Waals surface area contributed by atoms with Crippen LogP contribution in [0.1, 0.15) is 24.0 Å². The van der Waals surface area contributed by atoms with Gasteiger partial charge >= 0.3 is 0 Å². The summed E-state index contributed by atoms with van der Waals surface area (Å²) in [6.07, 6.45) is 6.57. The van der Waals surface area contributed by atoms with Gasteiger partial charge in [0.2, 0.25) is 0 Å². The molecule has 0 amide bonds. The fourth-order valence-corrected chi connectivity index (χ4v) is 4.79. The van der Waals surface area contributed by atoms with Crippen molar-refractivity contribution < 1.29 is 13.2 Å². The largest absolute Gasteiger partial charge is 0.496 e. The first kappa shape index (κ1) is 18.8. The molecule has 2 aromatic rings. The lowest BCUT2D eigenvalue weighted by Crippen LogP contribution is -2.37. The molecule has 1 aliphatic rings. The first-order valence-corrected chi connectivity index (χ1v) is 10.9. The Labute approximate surface area is 154 Å². The predicted octanol–water partition coefficient (Wildman–Crippen LogP) is 1.59. The van der Waals surface area contributed by atoms with Gasteiger partial charge in [0.15, 0.2) is 0 Å². The van der Waals surface area contributed by atoms with E-state index in [2.05, 4.69) is 27.1 Å². The number of ether oxygens (including phenoxy) is 1. The van der Waals surface area contributed by atoms with E-state index in [4.69, 9.17) is 4.74 Å². The van der Waals surface area contributed by atoms with Gasteiger partial charge in [-0.05, 0) is 43.0 Å². The minimum atomic E-state index is -2.92. The van der Waals surface area contributed by atoms with Crippen LogP contribution in [0, 0.1) is 5.92 Å². The van der Waals surface area contributed by atoms with Crippen LogP contribution in [-0.4, -0.2) is 60.3 Å². The zero-order valence-corrected chi connectivity index (χ0v) is 16.2. The van der Waals surface area contributed by atoms with Crippen molar-refractivity contribution in [3.05, 3.63) is 42.0 Å². The number of sulfone groups is 1. The summed E-state index contributed by atoms with van der Waals surface area (Å²) >= 11 is 0. The predicted molar refractivity (Wildman–Crippen MR) is 99.8 cm³/mol. The second-order valence-corrected chi connectivity index (χ2v) is 9.26. The van der Waals surface area contributed by atoms with Crippen LogP contribution in [0.5, 0.6) is 5.75 Å². The van der Waals surface area contributed by atoms with Gasteiger partial charge in [0.25, 0.3) is 0 Å². The Hall–Kier alpha value is -1.93. The summed E-state index contributed by atoms with van der Waals surface area (Å²) in [7, 11) is -1.26. The maximum Gasteiger partial charge on any atom is 0.147 e. The van der Waals surface area contributed by atoms with E-state index in [1.807, 2.05) is 6.07 Å². The van der Waals surface area contributed by atoms with Gasteiger partial charge in [0.1, 0.15) is 28.2 Å². The lowest BCUT2D eigenvalue weighted by molar-refractivity contribution is 0.177. The molecule has 8 heteroatoms. The maximum absolute atomic E-state index is 11.6. The van der Waals surface area contributed by atoms with Crippen molar-refractivity contribution in [2.24, 2.45) is 5.92 Å². The number of nitrogens with zero attached hydrogens (tertiary/aromatic N) is 4. The first-order valence-electron chi connectivity index (χ1n) is 8.81. The molecule has 0 spiro atoms. The number of rotatable bonds is 7. The van der Waals surface area contributed by atoms with Crippen LogP contribution in [0.25, 0.3) is 0 Å². The minimum absolute atomic E-state index is 0.228. The van der Waals surface area contributed by atoms with E-state index in [0.29, 0.717) is 6.54 Å².